The molecule has 242 valence electrons. The van der Waals surface area contributed by atoms with Gasteiger partial charge in [0.2, 0.25) is 0 Å². The third-order valence-electron chi connectivity index (χ3n) is 10.1. The second-order valence-corrected chi connectivity index (χ2v) is 13.2. The zero-order valence-electron chi connectivity index (χ0n) is 28.2. The fourth-order valence-corrected chi connectivity index (χ4v) is 7.50. The van der Waals surface area contributed by atoms with Gasteiger partial charge in [0.05, 0.1) is 0 Å². The van der Waals surface area contributed by atoms with Gasteiger partial charge < -0.3 is 0 Å². The monoisotopic (exact) mass is 661 g/mol. The number of fused-ring (bicyclic) bond motifs is 4. The number of rotatable bonds is 5. The lowest BCUT2D eigenvalue weighted by molar-refractivity contribution is 1.08. The minimum atomic E-state index is 0.641. The first-order chi connectivity index (χ1) is 25.7. The van der Waals surface area contributed by atoms with Crippen molar-refractivity contribution in [1.82, 2.24) is 15.0 Å². The average molecular weight is 662 g/mol. The molecule has 0 unspecified atom stereocenters. The van der Waals surface area contributed by atoms with Crippen LogP contribution in [0.2, 0.25) is 0 Å². The van der Waals surface area contributed by atoms with E-state index in [0.717, 1.165) is 49.4 Å². The summed E-state index contributed by atoms with van der Waals surface area (Å²) < 4.78 is 0. The molecule has 10 rings (SSSR count). The van der Waals surface area contributed by atoms with Crippen molar-refractivity contribution in [3.63, 3.8) is 0 Å². The molecular formula is C49H31N3. The van der Waals surface area contributed by atoms with Crippen molar-refractivity contribution in [2.75, 3.05) is 0 Å². The molecule has 0 fully saturated rings. The number of aromatic nitrogens is 3. The topological polar surface area (TPSA) is 38.7 Å². The Balaban J connectivity index is 1.15. The van der Waals surface area contributed by atoms with Crippen molar-refractivity contribution in [1.29, 1.82) is 0 Å². The normalized spacial score (nSPS) is 11.5. The van der Waals surface area contributed by atoms with Crippen LogP contribution in [0.1, 0.15) is 0 Å². The van der Waals surface area contributed by atoms with Crippen LogP contribution in [0.4, 0.5) is 0 Å². The maximum absolute atomic E-state index is 5.23. The van der Waals surface area contributed by atoms with E-state index in [-0.39, 0.29) is 0 Å². The molecular weight excluding hydrogens is 631 g/mol. The molecule has 0 radical (unpaired) electrons. The molecule has 0 saturated carbocycles. The summed E-state index contributed by atoms with van der Waals surface area (Å²) in [5.41, 5.74) is 7.60. The molecule has 10 aromatic rings. The molecule has 0 spiro atoms. The summed E-state index contributed by atoms with van der Waals surface area (Å²) in [5.74, 6) is 1.93. The summed E-state index contributed by atoms with van der Waals surface area (Å²) in [5, 5.41) is 9.38. The molecule has 1 aromatic heterocycles. The van der Waals surface area contributed by atoms with Crippen LogP contribution >= 0.6 is 0 Å². The third kappa shape index (κ3) is 5.28. The summed E-state index contributed by atoms with van der Waals surface area (Å²) in [6.07, 6.45) is 0. The Bertz CT molecular complexity index is 2960. The van der Waals surface area contributed by atoms with Crippen molar-refractivity contribution >= 4 is 43.1 Å². The third-order valence-corrected chi connectivity index (χ3v) is 10.1. The van der Waals surface area contributed by atoms with Gasteiger partial charge in [0.1, 0.15) is 0 Å². The van der Waals surface area contributed by atoms with Gasteiger partial charge in [-0.25, -0.2) is 15.0 Å². The first-order valence-electron chi connectivity index (χ1n) is 17.6. The van der Waals surface area contributed by atoms with Gasteiger partial charge in [-0.05, 0) is 78.2 Å². The highest BCUT2D eigenvalue weighted by atomic mass is 15.0. The van der Waals surface area contributed by atoms with Crippen LogP contribution in [-0.4, -0.2) is 15.0 Å². The average Bonchev–Trinajstić information content (AvgIpc) is 3.22. The molecule has 0 aliphatic rings. The fraction of sp³-hybridized carbons (Fsp3) is 0. The molecule has 0 atom stereocenters. The van der Waals surface area contributed by atoms with E-state index >= 15 is 0 Å². The minimum absolute atomic E-state index is 0.641. The number of benzene rings is 9. The van der Waals surface area contributed by atoms with E-state index < -0.39 is 0 Å². The van der Waals surface area contributed by atoms with Gasteiger partial charge in [-0.3, -0.25) is 0 Å². The zero-order chi connectivity index (χ0) is 34.4. The Labute approximate surface area is 301 Å². The van der Waals surface area contributed by atoms with Crippen LogP contribution in [0.3, 0.4) is 0 Å². The Hall–Kier alpha value is -6.97. The standard InChI is InChI=1S/C49H31N3/c1-2-12-34(13-3-1)44-21-9-17-35-18-10-22-45(46(35)44)49-51-47(40-27-23-32-11-4-5-15-36(32)30-40)50-48(52-49)41-28-25-37-29-39(26-24-38(37)31-41)43-20-8-16-33-14-6-7-19-42(33)43/h1-31H. The maximum atomic E-state index is 5.23. The van der Waals surface area contributed by atoms with Crippen molar-refractivity contribution < 1.29 is 0 Å². The first kappa shape index (κ1) is 29.9. The van der Waals surface area contributed by atoms with Crippen LogP contribution < -0.4 is 0 Å². The van der Waals surface area contributed by atoms with Gasteiger partial charge in [-0.2, -0.15) is 0 Å². The van der Waals surface area contributed by atoms with E-state index in [4.69, 9.17) is 15.0 Å². The van der Waals surface area contributed by atoms with Gasteiger partial charge in [-0.15, -0.1) is 0 Å². The van der Waals surface area contributed by atoms with Crippen molar-refractivity contribution in [2.45, 2.75) is 0 Å². The van der Waals surface area contributed by atoms with Gasteiger partial charge in [0.25, 0.3) is 0 Å². The van der Waals surface area contributed by atoms with Crippen LogP contribution in [0.25, 0.3) is 99.5 Å². The molecule has 9 aromatic carbocycles. The Morgan fingerprint density at radius 1 is 0.250 bits per heavy atom. The minimum Gasteiger partial charge on any atom is -0.208 e. The van der Waals surface area contributed by atoms with E-state index in [2.05, 4.69) is 188 Å². The first-order valence-corrected chi connectivity index (χ1v) is 17.6. The lowest BCUT2D eigenvalue weighted by Gasteiger charge is -2.14. The van der Waals surface area contributed by atoms with Crippen molar-refractivity contribution in [2.24, 2.45) is 0 Å². The van der Waals surface area contributed by atoms with Gasteiger partial charge in [-0.1, -0.05) is 170 Å². The van der Waals surface area contributed by atoms with Gasteiger partial charge in [0.15, 0.2) is 17.5 Å². The molecule has 0 N–H and O–H groups in total. The summed E-state index contributed by atoms with van der Waals surface area (Å²) in [4.78, 5) is 15.6. The lowest BCUT2D eigenvalue weighted by atomic mass is 9.94. The molecule has 0 amide bonds. The second kappa shape index (κ2) is 12.4. The lowest BCUT2D eigenvalue weighted by Crippen LogP contribution is -2.01. The van der Waals surface area contributed by atoms with E-state index in [1.54, 1.807) is 0 Å². The second-order valence-electron chi connectivity index (χ2n) is 13.2. The van der Waals surface area contributed by atoms with Crippen LogP contribution in [-0.2, 0) is 0 Å². The van der Waals surface area contributed by atoms with Gasteiger partial charge >= 0.3 is 0 Å². The Kier molecular flexibility index (Phi) is 7.14. The number of hydrogen-bond acceptors (Lipinski definition) is 3. The quantitative estimate of drug-likeness (QED) is 0.184. The molecule has 3 heteroatoms. The van der Waals surface area contributed by atoms with Crippen LogP contribution in [0, 0.1) is 0 Å². The van der Waals surface area contributed by atoms with Crippen LogP contribution in [0.15, 0.2) is 188 Å². The molecule has 0 aliphatic carbocycles. The number of hydrogen-bond donors (Lipinski definition) is 0. The van der Waals surface area contributed by atoms with Crippen molar-refractivity contribution in [3.8, 4) is 56.4 Å². The smallest absolute Gasteiger partial charge is 0.164 e. The summed E-state index contributed by atoms with van der Waals surface area (Å²) in [6.45, 7) is 0. The molecule has 3 nitrogen and oxygen atoms in total. The zero-order valence-corrected chi connectivity index (χ0v) is 28.2. The highest BCUT2D eigenvalue weighted by Crippen LogP contribution is 2.37. The van der Waals surface area contributed by atoms with E-state index in [9.17, 15) is 0 Å². The molecule has 52 heavy (non-hydrogen) atoms. The summed E-state index contributed by atoms with van der Waals surface area (Å²) >= 11 is 0. The van der Waals surface area contributed by atoms with E-state index in [1.807, 2.05) is 0 Å². The Morgan fingerprint density at radius 3 is 1.46 bits per heavy atom. The Morgan fingerprint density at radius 2 is 0.731 bits per heavy atom. The van der Waals surface area contributed by atoms with Crippen LogP contribution in [0.5, 0.6) is 0 Å². The predicted molar refractivity (Wildman–Crippen MR) is 217 cm³/mol. The molecule has 0 aliphatic heterocycles. The highest BCUT2D eigenvalue weighted by Gasteiger charge is 2.17. The van der Waals surface area contributed by atoms with Gasteiger partial charge in [0, 0.05) is 22.1 Å². The van der Waals surface area contributed by atoms with Crippen molar-refractivity contribution in [3.05, 3.63) is 188 Å². The summed E-state index contributed by atoms with van der Waals surface area (Å²) in [7, 11) is 0. The number of nitrogens with zero attached hydrogens (tertiary/aromatic N) is 3. The molecule has 1 heterocycles. The SMILES string of the molecule is c1ccc(-c2cccc3cccc(-c4nc(-c5ccc6ccccc6c5)nc(-c5ccc6cc(-c7cccc8ccccc78)ccc6c5)n4)c23)cc1. The largest absolute Gasteiger partial charge is 0.208 e. The fourth-order valence-electron chi connectivity index (χ4n) is 7.50. The summed E-state index contributed by atoms with van der Waals surface area (Å²) in [6, 6.07) is 66.5. The molecule has 0 bridgehead atoms. The van der Waals surface area contributed by atoms with E-state index in [0.29, 0.717) is 17.5 Å². The maximum Gasteiger partial charge on any atom is 0.164 e. The predicted octanol–water partition coefficient (Wildman–Crippen LogP) is 12.8. The molecule has 0 saturated heterocycles. The van der Waals surface area contributed by atoms with E-state index in [1.165, 1.54) is 32.7 Å². The highest BCUT2D eigenvalue weighted by molar-refractivity contribution is 6.06.